The van der Waals surface area contributed by atoms with Crippen LogP contribution in [-0.2, 0) is 11.3 Å². The fourth-order valence-corrected chi connectivity index (χ4v) is 2.46. The average Bonchev–Trinajstić information content (AvgIpc) is 3.15. The molecule has 1 fully saturated rings. The molecule has 3 heterocycles. The fourth-order valence-electron chi connectivity index (χ4n) is 2.46. The van der Waals surface area contributed by atoms with E-state index < -0.39 is 0 Å². The molecule has 0 saturated carbocycles. The lowest BCUT2D eigenvalue weighted by atomic mass is 10.2. The highest BCUT2D eigenvalue weighted by Gasteiger charge is 2.18. The maximum Gasteiger partial charge on any atom is 0.253 e. The number of nitrogens with zero attached hydrogens (tertiary/aromatic N) is 2. The van der Waals surface area contributed by atoms with Gasteiger partial charge in [-0.1, -0.05) is 6.07 Å². The summed E-state index contributed by atoms with van der Waals surface area (Å²) in [7, 11) is 0. The molecule has 1 aliphatic rings. The Bertz CT molecular complexity index is 700. The molecule has 1 atom stereocenters. The van der Waals surface area contributed by atoms with E-state index in [1.165, 1.54) is 6.20 Å². The largest absolute Gasteiger partial charge is 0.478 e. The summed E-state index contributed by atoms with van der Waals surface area (Å²) in [4.78, 5) is 20.6. The van der Waals surface area contributed by atoms with E-state index in [0.29, 0.717) is 43.7 Å². The molecular formula is C18H21N3O4. The number of rotatable bonds is 7. The summed E-state index contributed by atoms with van der Waals surface area (Å²) < 4.78 is 16.4. The summed E-state index contributed by atoms with van der Waals surface area (Å²) in [5.74, 6) is 0.818. The van der Waals surface area contributed by atoms with Gasteiger partial charge in [0.05, 0.1) is 25.4 Å². The lowest BCUT2D eigenvalue weighted by Gasteiger charge is -2.11. The van der Waals surface area contributed by atoms with E-state index >= 15 is 0 Å². The van der Waals surface area contributed by atoms with Gasteiger partial charge in [0.1, 0.15) is 6.10 Å². The highest BCUT2D eigenvalue weighted by Crippen LogP contribution is 2.16. The molecule has 0 bridgehead atoms. The molecule has 1 amide bonds. The zero-order valence-corrected chi connectivity index (χ0v) is 14.1. The van der Waals surface area contributed by atoms with E-state index in [9.17, 15) is 4.79 Å². The van der Waals surface area contributed by atoms with Crippen molar-refractivity contribution in [2.24, 2.45) is 0 Å². The minimum absolute atomic E-state index is 0.0368. The van der Waals surface area contributed by atoms with Crippen molar-refractivity contribution in [1.82, 2.24) is 15.3 Å². The molecule has 1 saturated heterocycles. The van der Waals surface area contributed by atoms with Gasteiger partial charge in [0.25, 0.3) is 5.91 Å². The molecule has 0 spiro atoms. The topological polar surface area (TPSA) is 82.6 Å². The second-order valence-electron chi connectivity index (χ2n) is 5.57. The summed E-state index contributed by atoms with van der Waals surface area (Å²) in [6, 6.07) is 7.07. The Morgan fingerprint density at radius 2 is 2.28 bits per heavy atom. The average molecular weight is 343 g/mol. The van der Waals surface area contributed by atoms with Gasteiger partial charge in [-0.2, -0.15) is 0 Å². The Morgan fingerprint density at radius 1 is 1.36 bits per heavy atom. The Hall–Kier alpha value is -2.67. The number of aromatic nitrogens is 2. The molecule has 25 heavy (non-hydrogen) atoms. The van der Waals surface area contributed by atoms with Gasteiger partial charge >= 0.3 is 0 Å². The van der Waals surface area contributed by atoms with E-state index in [2.05, 4.69) is 15.3 Å². The number of nitrogens with one attached hydrogen (secondary N) is 1. The maximum atomic E-state index is 12.3. The van der Waals surface area contributed by atoms with Crippen molar-refractivity contribution in [1.29, 1.82) is 0 Å². The highest BCUT2D eigenvalue weighted by molar-refractivity contribution is 5.93. The normalized spacial score (nSPS) is 16.4. The quantitative estimate of drug-likeness (QED) is 0.828. The Balaban J connectivity index is 1.56. The minimum Gasteiger partial charge on any atom is -0.478 e. The lowest BCUT2D eigenvalue weighted by Crippen LogP contribution is -2.23. The molecule has 2 aromatic rings. The van der Waals surface area contributed by atoms with Crippen molar-refractivity contribution in [3.63, 3.8) is 0 Å². The standard InChI is InChI=1S/C18H21N3O4/c1-2-24-18-14(4-3-8-19-18)11-21-17(22)13-5-6-16(20-10-13)25-15-7-9-23-12-15/h3-6,8,10,15H,2,7,9,11-12H2,1H3,(H,21,22). The summed E-state index contributed by atoms with van der Waals surface area (Å²) >= 11 is 0. The van der Waals surface area contributed by atoms with Crippen molar-refractivity contribution in [3.8, 4) is 11.8 Å². The lowest BCUT2D eigenvalue weighted by molar-refractivity contribution is 0.0950. The number of hydrogen-bond donors (Lipinski definition) is 1. The highest BCUT2D eigenvalue weighted by atomic mass is 16.5. The van der Waals surface area contributed by atoms with Gasteiger partial charge in [-0.3, -0.25) is 4.79 Å². The van der Waals surface area contributed by atoms with Crippen molar-refractivity contribution in [2.75, 3.05) is 19.8 Å². The molecule has 1 aliphatic heterocycles. The molecule has 2 aromatic heterocycles. The van der Waals surface area contributed by atoms with E-state index in [0.717, 1.165) is 12.0 Å². The molecule has 0 radical (unpaired) electrons. The van der Waals surface area contributed by atoms with Crippen LogP contribution in [0.4, 0.5) is 0 Å². The fraction of sp³-hybridized carbons (Fsp3) is 0.389. The van der Waals surface area contributed by atoms with Gasteiger partial charge in [0.15, 0.2) is 0 Å². The third-order valence-electron chi connectivity index (χ3n) is 3.74. The van der Waals surface area contributed by atoms with Gasteiger partial charge in [-0.05, 0) is 19.1 Å². The first-order chi connectivity index (χ1) is 12.3. The minimum atomic E-state index is -0.213. The number of amides is 1. The van der Waals surface area contributed by atoms with Crippen LogP contribution in [0.3, 0.4) is 0 Å². The number of pyridine rings is 2. The van der Waals surface area contributed by atoms with E-state index in [4.69, 9.17) is 14.2 Å². The number of ether oxygens (including phenoxy) is 3. The van der Waals surface area contributed by atoms with Crippen LogP contribution < -0.4 is 14.8 Å². The summed E-state index contributed by atoms with van der Waals surface area (Å²) in [5.41, 5.74) is 1.30. The van der Waals surface area contributed by atoms with Crippen LogP contribution in [0.15, 0.2) is 36.7 Å². The molecular weight excluding hydrogens is 322 g/mol. The van der Waals surface area contributed by atoms with Crippen LogP contribution >= 0.6 is 0 Å². The smallest absolute Gasteiger partial charge is 0.253 e. The molecule has 0 aliphatic carbocycles. The van der Waals surface area contributed by atoms with Gasteiger partial charge in [0, 0.05) is 37.0 Å². The molecule has 1 unspecified atom stereocenters. The Morgan fingerprint density at radius 3 is 3.00 bits per heavy atom. The monoisotopic (exact) mass is 343 g/mol. The van der Waals surface area contributed by atoms with Crippen LogP contribution in [0.5, 0.6) is 11.8 Å². The van der Waals surface area contributed by atoms with Crippen molar-refractivity contribution in [3.05, 3.63) is 47.8 Å². The number of carbonyl (C=O) groups excluding carboxylic acids is 1. The molecule has 132 valence electrons. The molecule has 7 nitrogen and oxygen atoms in total. The Kier molecular flexibility index (Phi) is 5.79. The van der Waals surface area contributed by atoms with Crippen LogP contribution in [0.1, 0.15) is 29.3 Å². The van der Waals surface area contributed by atoms with Crippen LogP contribution in [0.25, 0.3) is 0 Å². The second kappa shape index (κ2) is 8.43. The summed E-state index contributed by atoms with van der Waals surface area (Å²) in [5, 5.41) is 2.85. The first kappa shape index (κ1) is 17.2. The van der Waals surface area contributed by atoms with Crippen molar-refractivity contribution in [2.45, 2.75) is 26.0 Å². The number of hydrogen-bond acceptors (Lipinski definition) is 6. The third kappa shape index (κ3) is 4.67. The predicted octanol–water partition coefficient (Wildman–Crippen LogP) is 1.97. The van der Waals surface area contributed by atoms with Gasteiger partial charge in [-0.15, -0.1) is 0 Å². The van der Waals surface area contributed by atoms with E-state index in [1.54, 1.807) is 18.3 Å². The van der Waals surface area contributed by atoms with E-state index in [-0.39, 0.29) is 12.0 Å². The van der Waals surface area contributed by atoms with Crippen LogP contribution in [0, 0.1) is 0 Å². The molecule has 0 aromatic carbocycles. The van der Waals surface area contributed by atoms with Gasteiger partial charge in [0.2, 0.25) is 11.8 Å². The van der Waals surface area contributed by atoms with Crippen molar-refractivity contribution >= 4 is 5.91 Å². The van der Waals surface area contributed by atoms with Crippen molar-refractivity contribution < 1.29 is 19.0 Å². The van der Waals surface area contributed by atoms with Crippen LogP contribution in [0.2, 0.25) is 0 Å². The first-order valence-corrected chi connectivity index (χ1v) is 8.31. The third-order valence-corrected chi connectivity index (χ3v) is 3.74. The predicted molar refractivity (Wildman–Crippen MR) is 90.7 cm³/mol. The Labute approximate surface area is 146 Å². The van der Waals surface area contributed by atoms with Gasteiger partial charge in [-0.25, -0.2) is 9.97 Å². The molecule has 7 heteroatoms. The molecule has 1 N–H and O–H groups in total. The van der Waals surface area contributed by atoms with E-state index in [1.807, 2.05) is 19.1 Å². The van der Waals surface area contributed by atoms with Gasteiger partial charge < -0.3 is 19.5 Å². The SMILES string of the molecule is CCOc1ncccc1CNC(=O)c1ccc(OC2CCOC2)nc1. The summed E-state index contributed by atoms with van der Waals surface area (Å²) in [6.07, 6.45) is 4.06. The zero-order valence-electron chi connectivity index (χ0n) is 14.1. The number of carbonyl (C=O) groups is 1. The summed E-state index contributed by atoms with van der Waals surface area (Å²) in [6.45, 7) is 4.04. The zero-order chi connectivity index (χ0) is 17.5. The maximum absolute atomic E-state index is 12.3. The second-order valence-corrected chi connectivity index (χ2v) is 5.57. The molecule has 3 rings (SSSR count). The van der Waals surface area contributed by atoms with Crippen LogP contribution in [-0.4, -0.2) is 41.8 Å². The first-order valence-electron chi connectivity index (χ1n) is 8.31.